The Kier molecular flexibility index (Phi) is 4.62. The molecule has 0 nitrogen and oxygen atoms in total. The minimum Gasteiger partial charge on any atom is -0.207 e. The Morgan fingerprint density at radius 3 is 2.08 bits per heavy atom. The smallest absolute Gasteiger partial charge is 0.126 e. The van der Waals surface area contributed by atoms with Crippen molar-refractivity contribution in [2.24, 2.45) is 17.8 Å². The van der Waals surface area contributed by atoms with E-state index in [1.807, 2.05) is 12.1 Å². The minimum absolute atomic E-state index is 0.524. The van der Waals surface area contributed by atoms with Crippen molar-refractivity contribution in [3.8, 4) is 11.1 Å². The molecule has 4 rings (SSSR count). The van der Waals surface area contributed by atoms with Gasteiger partial charge in [0.2, 0.25) is 0 Å². The molecule has 0 heterocycles. The molecule has 0 saturated heterocycles. The average Bonchev–Trinajstić information content (AvgIpc) is 2.60. The van der Waals surface area contributed by atoms with Crippen LogP contribution < -0.4 is 0 Å². The molecule has 0 amide bonds. The van der Waals surface area contributed by atoms with Crippen LogP contribution in [-0.2, 0) is 0 Å². The number of fused-ring (bicyclic) bond motifs is 1. The van der Waals surface area contributed by atoms with Crippen LogP contribution in [0.4, 0.5) is 8.78 Å². The minimum atomic E-state index is -0.524. The van der Waals surface area contributed by atoms with Gasteiger partial charge in [0.25, 0.3) is 0 Å². The van der Waals surface area contributed by atoms with Crippen LogP contribution in [0, 0.1) is 29.4 Å². The molecule has 2 fully saturated rings. The van der Waals surface area contributed by atoms with Crippen molar-refractivity contribution in [3.05, 3.63) is 59.7 Å². The molecule has 2 aromatic rings. The first kappa shape index (κ1) is 16.8. The number of benzene rings is 2. The Balaban J connectivity index is 1.49. The summed E-state index contributed by atoms with van der Waals surface area (Å²) in [5.41, 5.74) is 2.87. The Labute approximate surface area is 149 Å². The van der Waals surface area contributed by atoms with E-state index >= 15 is 0 Å². The predicted octanol–water partition coefficient (Wildman–Crippen LogP) is 6.95. The fraction of sp³-hybridized carbons (Fsp3) is 0.478. The van der Waals surface area contributed by atoms with Crippen LogP contribution in [0.15, 0.2) is 42.5 Å². The van der Waals surface area contributed by atoms with E-state index in [0.717, 1.165) is 29.4 Å². The quantitative estimate of drug-likeness (QED) is 0.555. The van der Waals surface area contributed by atoms with E-state index < -0.39 is 11.6 Å². The first-order valence-corrected chi connectivity index (χ1v) is 9.65. The molecule has 0 aliphatic heterocycles. The summed E-state index contributed by atoms with van der Waals surface area (Å²) >= 11 is 0. The molecule has 2 aliphatic carbocycles. The van der Waals surface area contributed by atoms with Gasteiger partial charge in [-0.1, -0.05) is 37.6 Å². The summed E-state index contributed by atoms with van der Waals surface area (Å²) < 4.78 is 26.9. The van der Waals surface area contributed by atoms with Crippen LogP contribution in [0.1, 0.15) is 56.9 Å². The van der Waals surface area contributed by atoms with Crippen LogP contribution in [0.5, 0.6) is 0 Å². The molecule has 4 atom stereocenters. The average molecular weight is 340 g/mol. The molecule has 132 valence electrons. The summed E-state index contributed by atoms with van der Waals surface area (Å²) in [5.74, 6) is 2.34. The fourth-order valence-corrected chi connectivity index (χ4v) is 5.09. The van der Waals surface area contributed by atoms with E-state index in [1.54, 1.807) is 0 Å². The standard InChI is InChI=1S/C23H26F2/c1-15-2-3-20-11-19(9-8-18(20)10-15)16-4-6-17(7-5-16)21-12-22(24)14-23(25)13-21/h4-7,12-15,18-20H,2-3,8-11H2,1H3/t15?,18-,19-,20-/m1/s1. The van der Waals surface area contributed by atoms with Gasteiger partial charge in [-0.25, -0.2) is 8.78 Å². The summed E-state index contributed by atoms with van der Waals surface area (Å²) in [6, 6.07) is 12.1. The molecule has 2 aliphatic rings. The summed E-state index contributed by atoms with van der Waals surface area (Å²) in [4.78, 5) is 0. The van der Waals surface area contributed by atoms with Gasteiger partial charge < -0.3 is 0 Å². The van der Waals surface area contributed by atoms with Crippen molar-refractivity contribution in [2.75, 3.05) is 0 Å². The Morgan fingerprint density at radius 1 is 0.720 bits per heavy atom. The van der Waals surface area contributed by atoms with Crippen molar-refractivity contribution < 1.29 is 8.78 Å². The highest BCUT2D eigenvalue weighted by molar-refractivity contribution is 5.63. The molecular weight excluding hydrogens is 314 g/mol. The SMILES string of the molecule is CC1CC[C@@H]2C[C@H](c3ccc(-c4cc(F)cc(F)c4)cc3)CC[C@@H]2C1. The van der Waals surface area contributed by atoms with Gasteiger partial charge in [-0.3, -0.25) is 0 Å². The maximum Gasteiger partial charge on any atom is 0.126 e. The van der Waals surface area contributed by atoms with Gasteiger partial charge in [0.1, 0.15) is 11.6 Å². The normalized spacial score (nSPS) is 29.2. The van der Waals surface area contributed by atoms with E-state index in [9.17, 15) is 8.78 Å². The lowest BCUT2D eigenvalue weighted by Gasteiger charge is -2.41. The zero-order chi connectivity index (χ0) is 17.4. The molecular formula is C23H26F2. The Hall–Kier alpha value is -1.70. The second-order valence-corrected chi connectivity index (χ2v) is 8.23. The number of hydrogen-bond donors (Lipinski definition) is 0. The summed E-state index contributed by atoms with van der Waals surface area (Å²) in [5, 5.41) is 0. The zero-order valence-corrected chi connectivity index (χ0v) is 14.8. The third-order valence-electron chi connectivity index (χ3n) is 6.45. The molecule has 0 aromatic heterocycles. The molecule has 0 spiro atoms. The summed E-state index contributed by atoms with van der Waals surface area (Å²) in [6.45, 7) is 2.40. The lowest BCUT2D eigenvalue weighted by Crippen LogP contribution is -2.29. The molecule has 0 bridgehead atoms. The molecule has 0 N–H and O–H groups in total. The maximum atomic E-state index is 13.4. The van der Waals surface area contributed by atoms with Crippen LogP contribution in [0.3, 0.4) is 0 Å². The zero-order valence-electron chi connectivity index (χ0n) is 14.8. The molecule has 0 radical (unpaired) electrons. The summed E-state index contributed by atoms with van der Waals surface area (Å²) in [7, 11) is 0. The van der Waals surface area contributed by atoms with Crippen molar-refractivity contribution in [1.29, 1.82) is 0 Å². The van der Waals surface area contributed by atoms with Crippen LogP contribution in [0.25, 0.3) is 11.1 Å². The van der Waals surface area contributed by atoms with Crippen molar-refractivity contribution in [3.63, 3.8) is 0 Å². The van der Waals surface area contributed by atoms with Gasteiger partial charge in [0.05, 0.1) is 0 Å². The van der Waals surface area contributed by atoms with Crippen molar-refractivity contribution in [1.82, 2.24) is 0 Å². The first-order valence-electron chi connectivity index (χ1n) is 9.65. The molecule has 2 saturated carbocycles. The van der Waals surface area contributed by atoms with Gasteiger partial charge in [0.15, 0.2) is 0 Å². The Bertz CT molecular complexity index is 714. The van der Waals surface area contributed by atoms with E-state index in [4.69, 9.17) is 0 Å². The summed E-state index contributed by atoms with van der Waals surface area (Å²) in [6.07, 6.45) is 8.14. The number of halogens is 2. The van der Waals surface area contributed by atoms with E-state index in [2.05, 4.69) is 19.1 Å². The maximum absolute atomic E-state index is 13.4. The largest absolute Gasteiger partial charge is 0.207 e. The van der Waals surface area contributed by atoms with Crippen LogP contribution >= 0.6 is 0 Å². The van der Waals surface area contributed by atoms with Crippen molar-refractivity contribution >= 4 is 0 Å². The molecule has 2 aromatic carbocycles. The lowest BCUT2D eigenvalue weighted by molar-refractivity contribution is 0.124. The molecule has 25 heavy (non-hydrogen) atoms. The van der Waals surface area contributed by atoms with E-state index in [1.165, 1.54) is 56.2 Å². The van der Waals surface area contributed by atoms with Crippen molar-refractivity contribution in [2.45, 2.75) is 51.4 Å². The van der Waals surface area contributed by atoms with E-state index in [0.29, 0.717) is 11.5 Å². The van der Waals surface area contributed by atoms with Gasteiger partial charge >= 0.3 is 0 Å². The highest BCUT2D eigenvalue weighted by atomic mass is 19.1. The first-order chi connectivity index (χ1) is 12.1. The molecule has 1 unspecified atom stereocenters. The van der Waals surface area contributed by atoms with Gasteiger partial charge in [-0.2, -0.15) is 0 Å². The highest BCUT2D eigenvalue weighted by Gasteiger charge is 2.34. The highest BCUT2D eigenvalue weighted by Crippen LogP contribution is 2.47. The van der Waals surface area contributed by atoms with Crippen LogP contribution in [0.2, 0.25) is 0 Å². The van der Waals surface area contributed by atoms with E-state index in [-0.39, 0.29) is 0 Å². The predicted molar refractivity (Wildman–Crippen MR) is 98.4 cm³/mol. The fourth-order valence-electron chi connectivity index (χ4n) is 5.09. The second kappa shape index (κ2) is 6.90. The van der Waals surface area contributed by atoms with Gasteiger partial charge in [-0.15, -0.1) is 0 Å². The molecule has 2 heteroatoms. The topological polar surface area (TPSA) is 0 Å². The number of rotatable bonds is 2. The Morgan fingerprint density at radius 2 is 1.36 bits per heavy atom. The number of hydrogen-bond acceptors (Lipinski definition) is 0. The third-order valence-corrected chi connectivity index (χ3v) is 6.45. The monoisotopic (exact) mass is 340 g/mol. The van der Waals surface area contributed by atoms with Gasteiger partial charge in [0, 0.05) is 6.07 Å². The second-order valence-electron chi connectivity index (χ2n) is 8.23. The third kappa shape index (κ3) is 3.63. The van der Waals surface area contributed by atoms with Crippen LogP contribution in [-0.4, -0.2) is 0 Å². The van der Waals surface area contributed by atoms with Gasteiger partial charge in [-0.05, 0) is 84.6 Å². The lowest BCUT2D eigenvalue weighted by atomic mass is 9.64.